The van der Waals surface area contributed by atoms with Crippen LogP contribution < -0.4 is 10.7 Å². The highest BCUT2D eigenvalue weighted by Crippen LogP contribution is 2.33. The fraction of sp³-hybridized carbons (Fsp3) is 0.200. The molecule has 1 unspecified atom stereocenters. The second-order valence-corrected chi connectivity index (χ2v) is 8.45. The van der Waals surface area contributed by atoms with Gasteiger partial charge in [0.05, 0.1) is 17.1 Å². The number of halogens is 3. The SMILES string of the molecule is Cc1cc(C(C)Nc2ccc(Cl)nc2C(=O)O)c2oc(-c3cccc(C(F)F)n3)c(C)c(=O)c2c1. The number of aryl methyl sites for hydroxylation is 1. The lowest BCUT2D eigenvalue weighted by Gasteiger charge is -2.19. The number of hydrogen-bond donors (Lipinski definition) is 2. The third-order valence-corrected chi connectivity index (χ3v) is 5.73. The molecule has 3 heterocycles. The Morgan fingerprint density at radius 2 is 1.89 bits per heavy atom. The largest absolute Gasteiger partial charge is 0.476 e. The minimum atomic E-state index is -2.78. The van der Waals surface area contributed by atoms with Gasteiger partial charge >= 0.3 is 5.97 Å². The first-order valence-corrected chi connectivity index (χ1v) is 10.9. The summed E-state index contributed by atoms with van der Waals surface area (Å²) in [7, 11) is 0. The van der Waals surface area contributed by atoms with E-state index in [0.29, 0.717) is 10.9 Å². The molecule has 3 aromatic heterocycles. The molecule has 1 atom stereocenters. The number of carboxylic acid groups (broad SMARTS) is 1. The van der Waals surface area contributed by atoms with Crippen molar-refractivity contribution in [3.05, 3.63) is 85.9 Å². The maximum absolute atomic E-state index is 13.2. The molecule has 4 rings (SSSR count). The monoisotopic (exact) mass is 499 g/mol. The summed E-state index contributed by atoms with van der Waals surface area (Å²) in [5.41, 5.74) is 1.16. The number of benzene rings is 1. The second kappa shape index (κ2) is 9.42. The average molecular weight is 500 g/mol. The number of nitrogens with zero attached hydrogens (tertiary/aromatic N) is 2. The van der Waals surface area contributed by atoms with Gasteiger partial charge < -0.3 is 14.8 Å². The lowest BCUT2D eigenvalue weighted by molar-refractivity contribution is 0.0691. The number of carbonyl (C=O) groups is 1. The van der Waals surface area contributed by atoms with Gasteiger partial charge in [0.15, 0.2) is 16.9 Å². The van der Waals surface area contributed by atoms with Crippen LogP contribution in [0.5, 0.6) is 0 Å². The van der Waals surface area contributed by atoms with Crippen LogP contribution in [-0.2, 0) is 0 Å². The van der Waals surface area contributed by atoms with E-state index in [9.17, 15) is 23.5 Å². The van der Waals surface area contributed by atoms with Gasteiger partial charge in [0, 0.05) is 11.1 Å². The first-order chi connectivity index (χ1) is 16.6. The molecule has 0 amide bonds. The van der Waals surface area contributed by atoms with Crippen LogP contribution in [0.25, 0.3) is 22.4 Å². The van der Waals surface area contributed by atoms with Crippen molar-refractivity contribution in [3.63, 3.8) is 0 Å². The summed E-state index contributed by atoms with van der Waals surface area (Å²) in [6.45, 7) is 5.14. The molecule has 0 saturated heterocycles. The van der Waals surface area contributed by atoms with Gasteiger partial charge in [-0.2, -0.15) is 0 Å². The summed E-state index contributed by atoms with van der Waals surface area (Å²) in [5, 5.41) is 12.9. The van der Waals surface area contributed by atoms with Crippen molar-refractivity contribution in [1.29, 1.82) is 0 Å². The fourth-order valence-corrected chi connectivity index (χ4v) is 4.01. The zero-order valence-corrected chi connectivity index (χ0v) is 19.7. The quantitative estimate of drug-likeness (QED) is 0.299. The van der Waals surface area contributed by atoms with Crippen molar-refractivity contribution >= 4 is 34.2 Å². The molecule has 35 heavy (non-hydrogen) atoms. The topological polar surface area (TPSA) is 105 Å². The summed E-state index contributed by atoms with van der Waals surface area (Å²) >= 11 is 5.85. The standard InChI is InChI=1S/C25H20ClF2N3O4/c1-11-9-14(13(3)29-16-7-8-19(26)31-20(16)25(33)34)23-15(10-11)21(32)12(2)22(35-23)17-5-4-6-18(30-17)24(27)28/h4-10,13,24,29H,1-3H3,(H,33,34). The van der Waals surface area contributed by atoms with Crippen molar-refractivity contribution in [1.82, 2.24) is 9.97 Å². The number of aromatic nitrogens is 2. The second-order valence-electron chi connectivity index (χ2n) is 8.07. The van der Waals surface area contributed by atoms with E-state index in [0.717, 1.165) is 5.56 Å². The maximum Gasteiger partial charge on any atom is 0.356 e. The molecule has 0 radical (unpaired) electrons. The molecule has 180 valence electrons. The number of aromatic carboxylic acids is 1. The van der Waals surface area contributed by atoms with Crippen LogP contribution >= 0.6 is 11.6 Å². The Kier molecular flexibility index (Phi) is 6.53. The van der Waals surface area contributed by atoms with Crippen molar-refractivity contribution in [2.45, 2.75) is 33.2 Å². The zero-order valence-electron chi connectivity index (χ0n) is 18.9. The molecule has 0 aliphatic rings. The molecule has 0 aliphatic carbocycles. The molecule has 0 fully saturated rings. The van der Waals surface area contributed by atoms with Crippen LogP contribution in [0.15, 0.2) is 51.7 Å². The van der Waals surface area contributed by atoms with E-state index in [4.69, 9.17) is 16.0 Å². The first-order valence-electron chi connectivity index (χ1n) is 10.6. The Labute approximate surface area is 203 Å². The number of fused-ring (bicyclic) bond motifs is 1. The van der Waals surface area contributed by atoms with Gasteiger partial charge in [0.25, 0.3) is 6.43 Å². The van der Waals surface area contributed by atoms with Gasteiger partial charge in [-0.25, -0.2) is 23.5 Å². The molecular weight excluding hydrogens is 480 g/mol. The molecule has 4 aromatic rings. The Balaban J connectivity index is 1.89. The van der Waals surface area contributed by atoms with Gasteiger partial charge in [0.2, 0.25) is 0 Å². The lowest BCUT2D eigenvalue weighted by Crippen LogP contribution is -2.15. The molecule has 0 saturated carbocycles. The van der Waals surface area contributed by atoms with Crippen molar-refractivity contribution < 1.29 is 23.1 Å². The molecule has 0 aliphatic heterocycles. The third kappa shape index (κ3) is 4.72. The minimum absolute atomic E-state index is 0.0336. The summed E-state index contributed by atoms with van der Waals surface area (Å²) in [4.78, 5) is 32.7. The first kappa shape index (κ1) is 24.3. The van der Waals surface area contributed by atoms with E-state index >= 15 is 0 Å². The number of alkyl halides is 2. The van der Waals surface area contributed by atoms with Crippen LogP contribution in [0.1, 0.15) is 52.3 Å². The Hall–Kier alpha value is -3.85. The van der Waals surface area contributed by atoms with Gasteiger partial charge in [-0.05, 0) is 56.7 Å². The van der Waals surface area contributed by atoms with Crippen LogP contribution in [0.4, 0.5) is 14.5 Å². The number of hydrogen-bond acceptors (Lipinski definition) is 6. The van der Waals surface area contributed by atoms with Crippen LogP contribution in [0.3, 0.4) is 0 Å². The van der Waals surface area contributed by atoms with E-state index in [1.807, 2.05) is 6.92 Å². The Morgan fingerprint density at radius 1 is 1.14 bits per heavy atom. The van der Waals surface area contributed by atoms with Gasteiger partial charge in [-0.3, -0.25) is 4.79 Å². The molecule has 7 nitrogen and oxygen atoms in total. The predicted octanol–water partition coefficient (Wildman–Crippen LogP) is 6.33. The number of carboxylic acids is 1. The molecule has 1 aromatic carbocycles. The molecular formula is C25H20ClF2N3O4. The molecule has 0 spiro atoms. The normalized spacial score (nSPS) is 12.2. The zero-order chi connectivity index (χ0) is 25.4. The van der Waals surface area contributed by atoms with E-state index in [2.05, 4.69) is 15.3 Å². The minimum Gasteiger partial charge on any atom is -0.476 e. The Bertz CT molecular complexity index is 1520. The molecule has 2 N–H and O–H groups in total. The number of rotatable bonds is 6. The fourth-order valence-electron chi connectivity index (χ4n) is 3.86. The average Bonchev–Trinajstić information content (AvgIpc) is 2.82. The van der Waals surface area contributed by atoms with E-state index in [1.54, 1.807) is 26.0 Å². The Morgan fingerprint density at radius 3 is 2.57 bits per heavy atom. The lowest BCUT2D eigenvalue weighted by atomic mass is 9.99. The highest BCUT2D eigenvalue weighted by Gasteiger charge is 2.22. The maximum atomic E-state index is 13.2. The van der Waals surface area contributed by atoms with E-state index < -0.39 is 24.1 Å². The number of pyridine rings is 2. The van der Waals surface area contributed by atoms with Crippen molar-refractivity contribution in [2.24, 2.45) is 0 Å². The summed E-state index contributed by atoms with van der Waals surface area (Å²) in [6, 6.07) is 10.0. The highest BCUT2D eigenvalue weighted by atomic mass is 35.5. The van der Waals surface area contributed by atoms with Crippen LogP contribution in [-0.4, -0.2) is 21.0 Å². The van der Waals surface area contributed by atoms with Crippen LogP contribution in [0, 0.1) is 13.8 Å². The van der Waals surface area contributed by atoms with Gasteiger partial charge in [-0.15, -0.1) is 0 Å². The van der Waals surface area contributed by atoms with Gasteiger partial charge in [-0.1, -0.05) is 23.7 Å². The van der Waals surface area contributed by atoms with E-state index in [1.165, 1.54) is 30.3 Å². The smallest absolute Gasteiger partial charge is 0.356 e. The van der Waals surface area contributed by atoms with Crippen molar-refractivity contribution in [2.75, 3.05) is 5.32 Å². The predicted molar refractivity (Wildman–Crippen MR) is 128 cm³/mol. The summed E-state index contributed by atoms with van der Waals surface area (Å²) in [6.07, 6.45) is -2.78. The number of nitrogens with one attached hydrogen (secondary N) is 1. The third-order valence-electron chi connectivity index (χ3n) is 5.52. The summed E-state index contributed by atoms with van der Waals surface area (Å²) < 4.78 is 32.6. The van der Waals surface area contributed by atoms with Crippen molar-refractivity contribution in [3.8, 4) is 11.5 Å². The van der Waals surface area contributed by atoms with E-state index in [-0.39, 0.29) is 44.6 Å². The molecule has 10 heteroatoms. The van der Waals surface area contributed by atoms with Crippen LogP contribution in [0.2, 0.25) is 5.15 Å². The summed E-state index contributed by atoms with van der Waals surface area (Å²) in [5.74, 6) is -1.17. The number of anilines is 1. The highest BCUT2D eigenvalue weighted by molar-refractivity contribution is 6.29. The molecule has 0 bridgehead atoms. The van der Waals surface area contributed by atoms with Gasteiger partial charge in [0.1, 0.15) is 22.1 Å².